The second-order valence-electron chi connectivity index (χ2n) is 3.86. The highest BCUT2D eigenvalue weighted by Gasteiger charge is 2.08. The Labute approximate surface area is 105 Å². The first kappa shape index (κ1) is 12.4. The van der Waals surface area contributed by atoms with Crippen LogP contribution in [-0.4, -0.2) is 24.4 Å². The fourth-order valence-electron chi connectivity index (χ4n) is 1.56. The molecule has 0 atom stereocenters. The number of rotatable bonds is 5. The predicted octanol–water partition coefficient (Wildman–Crippen LogP) is 1.85. The lowest BCUT2D eigenvalue weighted by molar-refractivity contribution is 0.416. The van der Waals surface area contributed by atoms with E-state index in [0.29, 0.717) is 18.5 Å². The van der Waals surface area contributed by atoms with Crippen LogP contribution in [0.3, 0.4) is 0 Å². The molecule has 0 bridgehead atoms. The fraction of sp³-hybridized carbons (Fsp3) is 0.333. The van der Waals surface area contributed by atoms with Gasteiger partial charge in [-0.15, -0.1) is 5.10 Å². The number of ether oxygens (including phenoxy) is 1. The smallest absolute Gasteiger partial charge is 0.320 e. The zero-order valence-electron chi connectivity index (χ0n) is 10.7. The van der Waals surface area contributed by atoms with Gasteiger partial charge in [-0.25, -0.2) is 0 Å². The van der Waals surface area contributed by atoms with Crippen molar-refractivity contribution in [3.05, 3.63) is 29.7 Å². The summed E-state index contributed by atoms with van der Waals surface area (Å²) in [6.07, 6.45) is 0. The highest BCUT2D eigenvalue weighted by molar-refractivity contribution is 5.62. The summed E-state index contributed by atoms with van der Waals surface area (Å²) in [7, 11) is 3.44. The van der Waals surface area contributed by atoms with E-state index < -0.39 is 0 Å². The summed E-state index contributed by atoms with van der Waals surface area (Å²) >= 11 is 0. The van der Waals surface area contributed by atoms with Crippen molar-refractivity contribution in [1.82, 2.24) is 15.5 Å². The molecule has 1 aromatic heterocycles. The van der Waals surface area contributed by atoms with Crippen molar-refractivity contribution in [1.29, 1.82) is 0 Å². The maximum Gasteiger partial charge on any atom is 0.320 e. The van der Waals surface area contributed by atoms with Crippen molar-refractivity contribution in [3.63, 3.8) is 0 Å². The van der Waals surface area contributed by atoms with Crippen LogP contribution in [0.25, 0.3) is 0 Å². The molecule has 1 aromatic carbocycles. The molecule has 0 saturated heterocycles. The summed E-state index contributed by atoms with van der Waals surface area (Å²) in [5.74, 6) is 1.26. The number of hydrogen-bond acceptors (Lipinski definition) is 6. The standard InChI is InChI=1S/C12H16N4O2/c1-8-4-5-10(17-3)9(6-8)14-12-16-15-11(18-12)7-13-2/h4-6,13H,7H2,1-3H3,(H,14,16). The number of aryl methyl sites for hydroxylation is 1. The SMILES string of the molecule is CNCc1nnc(Nc2cc(C)ccc2OC)o1. The summed E-state index contributed by atoms with van der Waals surface area (Å²) in [5.41, 5.74) is 1.92. The molecule has 6 heteroatoms. The molecule has 0 unspecified atom stereocenters. The van der Waals surface area contributed by atoms with E-state index in [0.717, 1.165) is 17.0 Å². The molecular formula is C12H16N4O2. The van der Waals surface area contributed by atoms with E-state index in [1.165, 1.54) is 0 Å². The lowest BCUT2D eigenvalue weighted by Crippen LogP contribution is -2.04. The maximum absolute atomic E-state index is 5.42. The fourth-order valence-corrected chi connectivity index (χ4v) is 1.56. The van der Waals surface area contributed by atoms with Gasteiger partial charge in [-0.2, -0.15) is 0 Å². The zero-order valence-corrected chi connectivity index (χ0v) is 10.7. The summed E-state index contributed by atoms with van der Waals surface area (Å²) < 4.78 is 10.7. The Morgan fingerprint density at radius 1 is 1.33 bits per heavy atom. The summed E-state index contributed by atoms with van der Waals surface area (Å²) in [4.78, 5) is 0. The Kier molecular flexibility index (Phi) is 3.78. The summed E-state index contributed by atoms with van der Waals surface area (Å²) in [6, 6.07) is 6.18. The van der Waals surface area contributed by atoms with Gasteiger partial charge < -0.3 is 19.8 Å². The van der Waals surface area contributed by atoms with E-state index in [1.807, 2.05) is 32.2 Å². The van der Waals surface area contributed by atoms with Gasteiger partial charge in [0.1, 0.15) is 5.75 Å². The predicted molar refractivity (Wildman–Crippen MR) is 68.1 cm³/mol. The largest absolute Gasteiger partial charge is 0.495 e. The zero-order chi connectivity index (χ0) is 13.0. The lowest BCUT2D eigenvalue weighted by atomic mass is 10.2. The van der Waals surface area contributed by atoms with Crippen molar-refractivity contribution in [2.45, 2.75) is 13.5 Å². The van der Waals surface area contributed by atoms with Crippen molar-refractivity contribution >= 4 is 11.7 Å². The molecule has 0 amide bonds. The molecule has 0 saturated carbocycles. The lowest BCUT2D eigenvalue weighted by Gasteiger charge is -2.08. The molecule has 0 aliphatic carbocycles. The van der Waals surface area contributed by atoms with Crippen LogP contribution in [0.15, 0.2) is 22.6 Å². The molecule has 0 aliphatic heterocycles. The summed E-state index contributed by atoms with van der Waals surface area (Å²) in [5, 5.41) is 13.8. The van der Waals surface area contributed by atoms with Gasteiger partial charge in [-0.1, -0.05) is 11.2 Å². The van der Waals surface area contributed by atoms with E-state index in [-0.39, 0.29) is 0 Å². The second kappa shape index (κ2) is 5.50. The Bertz CT molecular complexity index is 525. The van der Waals surface area contributed by atoms with Crippen LogP contribution in [0.2, 0.25) is 0 Å². The quantitative estimate of drug-likeness (QED) is 0.841. The van der Waals surface area contributed by atoms with Crippen LogP contribution in [0.5, 0.6) is 5.75 Å². The van der Waals surface area contributed by atoms with Crippen molar-refractivity contribution in [2.75, 3.05) is 19.5 Å². The molecule has 1 heterocycles. The third-order valence-electron chi connectivity index (χ3n) is 2.39. The minimum Gasteiger partial charge on any atom is -0.495 e. The van der Waals surface area contributed by atoms with Gasteiger partial charge >= 0.3 is 6.01 Å². The number of methoxy groups -OCH3 is 1. The first-order chi connectivity index (χ1) is 8.72. The van der Waals surface area contributed by atoms with Crippen LogP contribution in [-0.2, 0) is 6.54 Å². The van der Waals surface area contributed by atoms with Crippen LogP contribution >= 0.6 is 0 Å². The van der Waals surface area contributed by atoms with E-state index in [1.54, 1.807) is 7.11 Å². The first-order valence-corrected chi connectivity index (χ1v) is 5.61. The molecule has 2 aromatic rings. The Balaban J connectivity index is 2.19. The van der Waals surface area contributed by atoms with Crippen molar-refractivity contribution in [3.8, 4) is 5.75 Å². The highest BCUT2D eigenvalue weighted by Crippen LogP contribution is 2.27. The Morgan fingerprint density at radius 3 is 2.89 bits per heavy atom. The molecular weight excluding hydrogens is 232 g/mol. The highest BCUT2D eigenvalue weighted by atomic mass is 16.5. The molecule has 0 aliphatic rings. The third kappa shape index (κ3) is 2.78. The summed E-state index contributed by atoms with van der Waals surface area (Å²) in [6.45, 7) is 2.55. The second-order valence-corrected chi connectivity index (χ2v) is 3.86. The van der Waals surface area contributed by atoms with Crippen LogP contribution in [0.1, 0.15) is 11.5 Å². The monoisotopic (exact) mass is 248 g/mol. The van der Waals surface area contributed by atoms with Gasteiger partial charge in [-0.3, -0.25) is 0 Å². The van der Waals surface area contributed by atoms with Crippen LogP contribution in [0.4, 0.5) is 11.7 Å². The van der Waals surface area contributed by atoms with Gasteiger partial charge in [0.2, 0.25) is 5.89 Å². The average Bonchev–Trinajstić information content (AvgIpc) is 2.77. The molecule has 96 valence electrons. The molecule has 0 radical (unpaired) electrons. The number of hydrogen-bond donors (Lipinski definition) is 2. The Morgan fingerprint density at radius 2 is 2.17 bits per heavy atom. The van der Waals surface area contributed by atoms with E-state index >= 15 is 0 Å². The minimum atomic E-state index is 0.351. The van der Waals surface area contributed by atoms with Gasteiger partial charge in [-0.05, 0) is 31.7 Å². The molecule has 6 nitrogen and oxygen atoms in total. The van der Waals surface area contributed by atoms with Crippen LogP contribution in [0, 0.1) is 6.92 Å². The van der Waals surface area contributed by atoms with E-state index in [2.05, 4.69) is 20.8 Å². The number of benzene rings is 1. The van der Waals surface area contributed by atoms with E-state index in [4.69, 9.17) is 9.15 Å². The molecule has 2 N–H and O–H groups in total. The van der Waals surface area contributed by atoms with E-state index in [9.17, 15) is 0 Å². The van der Waals surface area contributed by atoms with Gasteiger partial charge in [0.15, 0.2) is 0 Å². The number of nitrogens with one attached hydrogen (secondary N) is 2. The molecule has 0 spiro atoms. The number of nitrogens with zero attached hydrogens (tertiary/aromatic N) is 2. The van der Waals surface area contributed by atoms with Gasteiger partial charge in [0.25, 0.3) is 0 Å². The van der Waals surface area contributed by atoms with Crippen molar-refractivity contribution < 1.29 is 9.15 Å². The molecule has 18 heavy (non-hydrogen) atoms. The first-order valence-electron chi connectivity index (χ1n) is 5.61. The molecule has 2 rings (SSSR count). The maximum atomic E-state index is 5.42. The minimum absolute atomic E-state index is 0.351. The normalized spacial score (nSPS) is 10.4. The Hall–Kier alpha value is -2.08. The topological polar surface area (TPSA) is 72.2 Å². The van der Waals surface area contributed by atoms with Gasteiger partial charge in [0.05, 0.1) is 19.3 Å². The van der Waals surface area contributed by atoms with Crippen molar-refractivity contribution in [2.24, 2.45) is 0 Å². The number of aromatic nitrogens is 2. The molecule has 0 fully saturated rings. The third-order valence-corrected chi connectivity index (χ3v) is 2.39. The van der Waals surface area contributed by atoms with Crippen LogP contribution < -0.4 is 15.4 Å². The average molecular weight is 248 g/mol. The number of anilines is 2. The van der Waals surface area contributed by atoms with Gasteiger partial charge in [0, 0.05) is 0 Å².